The van der Waals surface area contributed by atoms with Gasteiger partial charge in [0.15, 0.2) is 0 Å². The van der Waals surface area contributed by atoms with Gasteiger partial charge in [-0.05, 0) is 48.7 Å². The molecular weight excluding hydrogens is 357 g/mol. The van der Waals surface area contributed by atoms with E-state index in [9.17, 15) is 22.0 Å². The average Bonchev–Trinajstić information content (AvgIpc) is 2.52. The molecule has 0 amide bonds. The van der Waals surface area contributed by atoms with Gasteiger partial charge in [0.05, 0.1) is 5.75 Å². The summed E-state index contributed by atoms with van der Waals surface area (Å²) >= 11 is 0.589. The number of aliphatic imine (C=N–C) groups is 1. The van der Waals surface area contributed by atoms with Crippen LogP contribution < -0.4 is 0 Å². The van der Waals surface area contributed by atoms with Gasteiger partial charge in [-0.25, -0.2) is 13.8 Å². The maximum atomic E-state index is 14.2. The van der Waals surface area contributed by atoms with Crippen LogP contribution in [0.25, 0.3) is 0 Å². The Morgan fingerprint density at radius 2 is 1.84 bits per heavy atom. The van der Waals surface area contributed by atoms with Gasteiger partial charge in [0.2, 0.25) is 0 Å². The Labute approximate surface area is 147 Å². The first kappa shape index (κ1) is 19.4. The van der Waals surface area contributed by atoms with Crippen molar-refractivity contribution in [1.82, 2.24) is 0 Å². The fourth-order valence-corrected chi connectivity index (χ4v) is 3.00. The number of alkyl halides is 3. The third-order valence-electron chi connectivity index (χ3n) is 3.38. The molecule has 0 aromatic heterocycles. The minimum atomic E-state index is -4.31. The highest BCUT2D eigenvalue weighted by Gasteiger charge is 2.27. The lowest BCUT2D eigenvalue weighted by Crippen LogP contribution is -2.10. The molecule has 2 aromatic rings. The lowest BCUT2D eigenvalue weighted by Gasteiger charge is -2.11. The first-order valence-electron chi connectivity index (χ1n) is 7.53. The van der Waals surface area contributed by atoms with Crippen LogP contribution in [0.1, 0.15) is 24.5 Å². The third kappa shape index (κ3) is 5.56. The quantitative estimate of drug-likeness (QED) is 0.333. The fraction of sp³-hybridized carbons (Fsp3) is 0.278. The van der Waals surface area contributed by atoms with Gasteiger partial charge < -0.3 is 0 Å². The fourth-order valence-electron chi connectivity index (χ4n) is 2.20. The number of halogens is 5. The zero-order valence-corrected chi connectivity index (χ0v) is 14.4. The second-order valence-corrected chi connectivity index (χ2v) is 6.41. The molecule has 0 N–H and O–H groups in total. The van der Waals surface area contributed by atoms with E-state index in [1.807, 2.05) is 0 Å². The van der Waals surface area contributed by atoms with Crippen LogP contribution >= 0.6 is 11.8 Å². The molecular formula is C18H16F5NS. The highest BCUT2D eigenvalue weighted by Crippen LogP contribution is 2.33. The van der Waals surface area contributed by atoms with E-state index in [0.717, 1.165) is 6.07 Å². The Morgan fingerprint density at radius 3 is 2.44 bits per heavy atom. The minimum Gasteiger partial charge on any atom is -0.250 e. The number of hydrogen-bond donors (Lipinski definition) is 0. The third-order valence-corrected chi connectivity index (χ3v) is 4.61. The Hall–Kier alpha value is -1.89. The topological polar surface area (TPSA) is 12.4 Å². The number of benzene rings is 2. The molecule has 1 nitrogen and oxygen atoms in total. The molecule has 25 heavy (non-hydrogen) atoms. The van der Waals surface area contributed by atoms with Crippen molar-refractivity contribution in [3.05, 3.63) is 59.2 Å². The van der Waals surface area contributed by atoms with E-state index in [-0.39, 0.29) is 5.69 Å². The molecule has 0 saturated carbocycles. The molecule has 2 aromatic carbocycles. The van der Waals surface area contributed by atoms with Crippen molar-refractivity contribution in [1.29, 1.82) is 0 Å². The van der Waals surface area contributed by atoms with E-state index in [4.69, 9.17) is 0 Å². The van der Waals surface area contributed by atoms with Crippen LogP contribution in [0.5, 0.6) is 0 Å². The molecule has 0 atom stereocenters. The molecule has 0 aliphatic rings. The molecule has 7 heteroatoms. The summed E-state index contributed by atoms with van der Waals surface area (Å²) in [5, 5.41) is 0. The number of aryl methyl sites for hydroxylation is 1. The van der Waals surface area contributed by atoms with Gasteiger partial charge in [0.1, 0.15) is 17.3 Å². The van der Waals surface area contributed by atoms with E-state index < -0.39 is 23.6 Å². The van der Waals surface area contributed by atoms with Gasteiger partial charge in [-0.3, -0.25) is 0 Å². The Balaban J connectivity index is 2.40. The van der Waals surface area contributed by atoms with Crippen LogP contribution in [-0.4, -0.2) is 17.6 Å². The van der Waals surface area contributed by atoms with Crippen LogP contribution in [0.15, 0.2) is 46.3 Å². The summed E-state index contributed by atoms with van der Waals surface area (Å²) in [7, 11) is 0. The smallest absolute Gasteiger partial charge is 0.250 e. The molecule has 0 heterocycles. The van der Waals surface area contributed by atoms with Gasteiger partial charge >= 0.3 is 6.18 Å². The van der Waals surface area contributed by atoms with Crippen molar-refractivity contribution in [2.24, 2.45) is 4.99 Å². The summed E-state index contributed by atoms with van der Waals surface area (Å²) in [5.41, 5.74) is 1.31. The normalized spacial score (nSPS) is 12.5. The molecule has 2 rings (SSSR count). The van der Waals surface area contributed by atoms with E-state index >= 15 is 0 Å². The van der Waals surface area contributed by atoms with Crippen LogP contribution in [0.2, 0.25) is 0 Å². The molecule has 0 fully saturated rings. The Morgan fingerprint density at radius 1 is 1.12 bits per heavy atom. The highest BCUT2D eigenvalue weighted by molar-refractivity contribution is 7.99. The van der Waals surface area contributed by atoms with Crippen molar-refractivity contribution >= 4 is 23.2 Å². The van der Waals surface area contributed by atoms with Gasteiger partial charge in [-0.15, -0.1) is 11.8 Å². The van der Waals surface area contributed by atoms with Crippen molar-refractivity contribution in [2.45, 2.75) is 31.3 Å². The summed E-state index contributed by atoms with van der Waals surface area (Å²) in [5.74, 6) is -2.13. The molecule has 0 spiro atoms. The predicted molar refractivity (Wildman–Crippen MR) is 90.8 cm³/mol. The first-order valence-corrected chi connectivity index (χ1v) is 8.51. The number of rotatable bonds is 5. The summed E-state index contributed by atoms with van der Waals surface area (Å²) < 4.78 is 64.8. The molecule has 0 aliphatic carbocycles. The van der Waals surface area contributed by atoms with E-state index in [1.165, 1.54) is 24.3 Å². The monoisotopic (exact) mass is 373 g/mol. The Kier molecular flexibility index (Phi) is 6.21. The van der Waals surface area contributed by atoms with E-state index in [1.54, 1.807) is 19.9 Å². The lowest BCUT2D eigenvalue weighted by molar-refractivity contribution is -0.105. The summed E-state index contributed by atoms with van der Waals surface area (Å²) in [6.45, 7) is 3.33. The second kappa shape index (κ2) is 7.99. The molecule has 0 unspecified atom stereocenters. The summed E-state index contributed by atoms with van der Waals surface area (Å²) in [6.07, 6.45) is -3.90. The van der Waals surface area contributed by atoms with Crippen LogP contribution in [-0.2, 0) is 0 Å². The van der Waals surface area contributed by atoms with Gasteiger partial charge in [-0.2, -0.15) is 13.2 Å². The maximum absolute atomic E-state index is 14.2. The van der Waals surface area contributed by atoms with Crippen LogP contribution in [0.3, 0.4) is 0 Å². The maximum Gasteiger partial charge on any atom is 0.398 e. The van der Waals surface area contributed by atoms with Crippen molar-refractivity contribution < 1.29 is 22.0 Å². The zero-order chi connectivity index (χ0) is 18.6. The van der Waals surface area contributed by atoms with E-state index in [2.05, 4.69) is 4.99 Å². The van der Waals surface area contributed by atoms with Crippen molar-refractivity contribution in [3.8, 4) is 0 Å². The Bertz CT molecular complexity index is 784. The number of hydrogen-bond acceptors (Lipinski definition) is 2. The first-order chi connectivity index (χ1) is 11.7. The summed E-state index contributed by atoms with van der Waals surface area (Å²) in [4.78, 5) is 4.53. The van der Waals surface area contributed by atoms with Gasteiger partial charge in [0.25, 0.3) is 0 Å². The molecule has 0 radical (unpaired) electrons. The lowest BCUT2D eigenvalue weighted by atomic mass is 10.1. The molecule has 134 valence electrons. The predicted octanol–water partition coefficient (Wildman–Crippen LogP) is 6.46. The average molecular weight is 373 g/mol. The molecule has 0 saturated heterocycles. The van der Waals surface area contributed by atoms with E-state index in [0.29, 0.717) is 39.9 Å². The van der Waals surface area contributed by atoms with Crippen LogP contribution in [0.4, 0.5) is 27.6 Å². The number of thioether (sulfide) groups is 1. The molecule has 0 aliphatic heterocycles. The van der Waals surface area contributed by atoms with Crippen LogP contribution in [0, 0.1) is 18.6 Å². The SMILES string of the molecule is CCC(=Nc1cc(SCC(F)(F)F)c(C)cc1F)c1cccc(F)c1. The minimum absolute atomic E-state index is 0.0589. The second-order valence-electron chi connectivity index (χ2n) is 5.40. The zero-order valence-electron chi connectivity index (χ0n) is 13.6. The van der Waals surface area contributed by atoms with Gasteiger partial charge in [-0.1, -0.05) is 19.1 Å². The number of nitrogens with zero attached hydrogens (tertiary/aromatic N) is 1. The van der Waals surface area contributed by atoms with Gasteiger partial charge in [0, 0.05) is 10.6 Å². The van der Waals surface area contributed by atoms with Crippen molar-refractivity contribution in [2.75, 3.05) is 5.75 Å². The highest BCUT2D eigenvalue weighted by atomic mass is 32.2. The standard InChI is InChI=1S/C18H16F5NS/c1-3-15(12-5-4-6-13(19)8-12)24-16-9-17(11(2)7-14(16)20)25-10-18(21,22)23/h4-9H,3,10H2,1-2H3. The summed E-state index contributed by atoms with van der Waals surface area (Å²) in [6, 6.07) is 8.21. The largest absolute Gasteiger partial charge is 0.398 e. The molecule has 0 bridgehead atoms. The van der Waals surface area contributed by atoms with Crippen molar-refractivity contribution in [3.63, 3.8) is 0 Å².